The van der Waals surface area contributed by atoms with Crippen molar-refractivity contribution in [3.05, 3.63) is 82.9 Å². The minimum Gasteiger partial charge on any atom is -0.117 e. The first-order valence-electron chi connectivity index (χ1n) is 7.32. The third kappa shape index (κ3) is 3.11. The molecule has 3 rings (SSSR count). The van der Waals surface area contributed by atoms with Crippen molar-refractivity contribution < 1.29 is 0 Å². The summed E-state index contributed by atoms with van der Waals surface area (Å²) in [6.45, 7) is 4.28. The lowest BCUT2D eigenvalue weighted by Crippen LogP contribution is -1.98. The van der Waals surface area contributed by atoms with Gasteiger partial charge in [0.1, 0.15) is 0 Å². The number of halogens is 1. The summed E-state index contributed by atoms with van der Waals surface area (Å²) < 4.78 is 0. The van der Waals surface area contributed by atoms with Gasteiger partial charge in [-0.05, 0) is 53.8 Å². The lowest BCUT2D eigenvalue weighted by molar-refractivity contribution is 0.911. The maximum atomic E-state index is 6.67. The molecule has 3 aromatic rings. The molecule has 106 valence electrons. The maximum Gasteiger partial charge on any atom is 0.0625 e. The second kappa shape index (κ2) is 5.91. The van der Waals surface area contributed by atoms with E-state index in [-0.39, 0.29) is 5.38 Å². The van der Waals surface area contributed by atoms with Crippen LogP contribution >= 0.6 is 11.6 Å². The Morgan fingerprint density at radius 2 is 1.62 bits per heavy atom. The lowest BCUT2D eigenvalue weighted by atomic mass is 9.97. The van der Waals surface area contributed by atoms with Gasteiger partial charge in [-0.2, -0.15) is 0 Å². The Kier molecular flexibility index (Phi) is 3.98. The van der Waals surface area contributed by atoms with Gasteiger partial charge in [-0.25, -0.2) is 0 Å². The van der Waals surface area contributed by atoms with Crippen LogP contribution in [0.2, 0.25) is 0 Å². The molecule has 0 aliphatic carbocycles. The Balaban J connectivity index is 1.89. The standard InChI is InChI=1S/C20H19Cl/c1-14-7-8-15(2)19(11-14)13-20(21)18-10-9-16-5-3-4-6-17(16)12-18/h3-12,20H,13H2,1-2H3. The topological polar surface area (TPSA) is 0 Å². The highest BCUT2D eigenvalue weighted by Gasteiger charge is 2.11. The van der Waals surface area contributed by atoms with Crippen LogP contribution in [0.5, 0.6) is 0 Å². The molecule has 0 saturated carbocycles. The molecule has 0 bridgehead atoms. The van der Waals surface area contributed by atoms with Gasteiger partial charge in [0.05, 0.1) is 5.38 Å². The molecule has 21 heavy (non-hydrogen) atoms. The second-order valence-corrected chi connectivity index (χ2v) is 6.24. The average Bonchev–Trinajstić information content (AvgIpc) is 2.50. The number of benzene rings is 3. The molecule has 0 aliphatic heterocycles. The first-order valence-corrected chi connectivity index (χ1v) is 7.76. The smallest absolute Gasteiger partial charge is 0.0625 e. The molecule has 3 aromatic carbocycles. The van der Waals surface area contributed by atoms with Crippen molar-refractivity contribution in [2.45, 2.75) is 25.6 Å². The maximum absolute atomic E-state index is 6.67. The zero-order valence-electron chi connectivity index (χ0n) is 12.4. The van der Waals surface area contributed by atoms with Crippen LogP contribution in [-0.4, -0.2) is 0 Å². The molecule has 0 heterocycles. The van der Waals surface area contributed by atoms with E-state index in [4.69, 9.17) is 11.6 Å². The van der Waals surface area contributed by atoms with Crippen LogP contribution in [0.4, 0.5) is 0 Å². The van der Waals surface area contributed by atoms with E-state index in [2.05, 4.69) is 74.5 Å². The highest BCUT2D eigenvalue weighted by atomic mass is 35.5. The minimum atomic E-state index is 0.00936. The molecule has 0 aliphatic rings. The van der Waals surface area contributed by atoms with E-state index in [1.54, 1.807) is 0 Å². The quantitative estimate of drug-likeness (QED) is 0.521. The molecule has 0 nitrogen and oxygen atoms in total. The molecule has 0 spiro atoms. The number of hydrogen-bond donors (Lipinski definition) is 0. The van der Waals surface area contributed by atoms with Crippen molar-refractivity contribution in [3.8, 4) is 0 Å². The van der Waals surface area contributed by atoms with Gasteiger partial charge in [-0.3, -0.25) is 0 Å². The summed E-state index contributed by atoms with van der Waals surface area (Å²) in [6, 6.07) is 21.5. The fraction of sp³-hybridized carbons (Fsp3) is 0.200. The van der Waals surface area contributed by atoms with Crippen molar-refractivity contribution in [3.63, 3.8) is 0 Å². The van der Waals surface area contributed by atoms with E-state index in [0.29, 0.717) is 0 Å². The molecule has 0 fully saturated rings. The van der Waals surface area contributed by atoms with Crippen LogP contribution < -0.4 is 0 Å². The molecular formula is C20H19Cl. The number of fused-ring (bicyclic) bond motifs is 1. The van der Waals surface area contributed by atoms with E-state index >= 15 is 0 Å². The van der Waals surface area contributed by atoms with Crippen LogP contribution in [0, 0.1) is 13.8 Å². The van der Waals surface area contributed by atoms with Crippen LogP contribution in [0.3, 0.4) is 0 Å². The van der Waals surface area contributed by atoms with Crippen molar-refractivity contribution >= 4 is 22.4 Å². The Bertz CT molecular complexity index is 774. The second-order valence-electron chi connectivity index (χ2n) is 5.71. The molecule has 0 aromatic heterocycles. The van der Waals surface area contributed by atoms with Gasteiger partial charge < -0.3 is 0 Å². The van der Waals surface area contributed by atoms with Gasteiger partial charge in [0.15, 0.2) is 0 Å². The van der Waals surface area contributed by atoms with Crippen molar-refractivity contribution in [2.24, 2.45) is 0 Å². The van der Waals surface area contributed by atoms with Gasteiger partial charge >= 0.3 is 0 Å². The van der Waals surface area contributed by atoms with Crippen molar-refractivity contribution in [1.82, 2.24) is 0 Å². The van der Waals surface area contributed by atoms with Gasteiger partial charge in [0.25, 0.3) is 0 Å². The summed E-state index contributed by atoms with van der Waals surface area (Å²) in [5.74, 6) is 0. The first kappa shape index (κ1) is 14.2. The third-order valence-corrected chi connectivity index (χ3v) is 4.45. The number of aryl methyl sites for hydroxylation is 2. The van der Waals surface area contributed by atoms with Crippen LogP contribution in [0.15, 0.2) is 60.7 Å². The molecule has 0 saturated heterocycles. The largest absolute Gasteiger partial charge is 0.117 e. The molecule has 0 radical (unpaired) electrons. The fourth-order valence-corrected chi connectivity index (χ4v) is 3.04. The number of rotatable bonds is 3. The van der Waals surface area contributed by atoms with E-state index in [1.165, 1.54) is 33.0 Å². The molecule has 0 N–H and O–H groups in total. The Morgan fingerprint density at radius 1 is 0.857 bits per heavy atom. The van der Waals surface area contributed by atoms with E-state index in [0.717, 1.165) is 6.42 Å². The monoisotopic (exact) mass is 294 g/mol. The predicted molar refractivity (Wildman–Crippen MR) is 92.2 cm³/mol. The molecule has 0 amide bonds. The lowest BCUT2D eigenvalue weighted by Gasteiger charge is -2.13. The number of hydrogen-bond acceptors (Lipinski definition) is 0. The predicted octanol–water partition coefficient (Wildman–Crippen LogP) is 5.98. The highest BCUT2D eigenvalue weighted by Crippen LogP contribution is 2.29. The first-order chi connectivity index (χ1) is 10.1. The molecule has 1 atom stereocenters. The van der Waals surface area contributed by atoms with Gasteiger partial charge in [0.2, 0.25) is 0 Å². The zero-order chi connectivity index (χ0) is 14.8. The van der Waals surface area contributed by atoms with Crippen molar-refractivity contribution in [2.75, 3.05) is 0 Å². The minimum absolute atomic E-state index is 0.00936. The highest BCUT2D eigenvalue weighted by molar-refractivity contribution is 6.21. The summed E-state index contributed by atoms with van der Waals surface area (Å²) in [7, 11) is 0. The normalized spacial score (nSPS) is 12.5. The Morgan fingerprint density at radius 3 is 2.43 bits per heavy atom. The van der Waals surface area contributed by atoms with E-state index in [1.807, 2.05) is 0 Å². The van der Waals surface area contributed by atoms with Gasteiger partial charge in [0, 0.05) is 0 Å². The molecule has 1 unspecified atom stereocenters. The summed E-state index contributed by atoms with van der Waals surface area (Å²) in [5, 5.41) is 2.52. The Hall–Kier alpha value is -1.79. The SMILES string of the molecule is Cc1ccc(C)c(CC(Cl)c2ccc3ccccc3c2)c1. The summed E-state index contributed by atoms with van der Waals surface area (Å²) in [5.41, 5.74) is 5.13. The van der Waals surface area contributed by atoms with Gasteiger partial charge in [-0.1, -0.05) is 60.2 Å². The van der Waals surface area contributed by atoms with Gasteiger partial charge in [-0.15, -0.1) is 11.6 Å². The Labute approximate surface area is 131 Å². The molecule has 1 heteroatoms. The summed E-state index contributed by atoms with van der Waals surface area (Å²) in [4.78, 5) is 0. The molecular weight excluding hydrogens is 276 g/mol. The summed E-state index contributed by atoms with van der Waals surface area (Å²) >= 11 is 6.67. The average molecular weight is 295 g/mol. The fourth-order valence-electron chi connectivity index (χ4n) is 2.73. The zero-order valence-corrected chi connectivity index (χ0v) is 13.2. The van der Waals surface area contributed by atoms with Crippen molar-refractivity contribution in [1.29, 1.82) is 0 Å². The third-order valence-electron chi connectivity index (χ3n) is 4.04. The van der Waals surface area contributed by atoms with Crippen LogP contribution in [0.25, 0.3) is 10.8 Å². The van der Waals surface area contributed by atoms with E-state index < -0.39 is 0 Å². The van der Waals surface area contributed by atoms with Crippen LogP contribution in [0.1, 0.15) is 27.6 Å². The number of alkyl halides is 1. The summed E-state index contributed by atoms with van der Waals surface area (Å²) in [6.07, 6.45) is 0.868. The van der Waals surface area contributed by atoms with Crippen LogP contribution in [-0.2, 0) is 6.42 Å². The van der Waals surface area contributed by atoms with E-state index in [9.17, 15) is 0 Å².